The van der Waals surface area contributed by atoms with Crippen molar-refractivity contribution >= 4 is 15.7 Å². The quantitative estimate of drug-likeness (QED) is 0.757. The largest absolute Gasteiger partial charge is 0.347 e. The first-order chi connectivity index (χ1) is 8.31. The first kappa shape index (κ1) is 13.5. The van der Waals surface area contributed by atoms with Gasteiger partial charge in [-0.2, -0.15) is 0 Å². The van der Waals surface area contributed by atoms with Gasteiger partial charge in [0.25, 0.3) is 0 Å². The van der Waals surface area contributed by atoms with Crippen molar-refractivity contribution in [2.45, 2.75) is 44.2 Å². The molecule has 1 fully saturated rings. The number of amides is 1. The fraction of sp³-hybridized carbons (Fsp3) is 0.750. The summed E-state index contributed by atoms with van der Waals surface area (Å²) in [7, 11) is -3.14. The van der Waals surface area contributed by atoms with Gasteiger partial charge in [-0.1, -0.05) is 19.8 Å². The van der Waals surface area contributed by atoms with Crippen molar-refractivity contribution in [1.82, 2.24) is 5.32 Å². The highest BCUT2D eigenvalue weighted by molar-refractivity contribution is 7.94. The lowest BCUT2D eigenvalue weighted by Crippen LogP contribution is -2.58. The molecule has 0 saturated heterocycles. The van der Waals surface area contributed by atoms with Crippen molar-refractivity contribution in [3.8, 4) is 0 Å². The number of carbonyl (C=O) groups is 1. The second-order valence-electron chi connectivity index (χ2n) is 5.60. The number of carbonyl (C=O) groups excluding carboxylic acids is 1. The van der Waals surface area contributed by atoms with Crippen molar-refractivity contribution in [2.24, 2.45) is 11.7 Å². The Labute approximate surface area is 108 Å². The molecular weight excluding hydrogens is 252 g/mol. The van der Waals surface area contributed by atoms with Gasteiger partial charge in [0, 0.05) is 5.41 Å². The lowest BCUT2D eigenvalue weighted by atomic mass is 9.76. The zero-order valence-electron chi connectivity index (χ0n) is 10.6. The Hall–Kier alpha value is -0.880. The number of hydrogen-bond acceptors (Lipinski definition) is 4. The second kappa shape index (κ2) is 4.66. The molecule has 1 heterocycles. The number of nitrogens with two attached hydrogens (primary N) is 1. The lowest BCUT2D eigenvalue weighted by molar-refractivity contribution is -0.128. The summed E-state index contributed by atoms with van der Waals surface area (Å²) in [4.78, 5) is 12.2. The highest BCUT2D eigenvalue weighted by atomic mass is 32.2. The summed E-state index contributed by atoms with van der Waals surface area (Å²) in [5.41, 5.74) is 5.32. The first-order valence-corrected chi connectivity index (χ1v) is 8.03. The zero-order valence-corrected chi connectivity index (χ0v) is 11.4. The van der Waals surface area contributed by atoms with Crippen LogP contribution in [0.3, 0.4) is 0 Å². The van der Waals surface area contributed by atoms with Crippen molar-refractivity contribution in [3.05, 3.63) is 11.5 Å². The van der Waals surface area contributed by atoms with Crippen LogP contribution in [0.25, 0.3) is 0 Å². The Morgan fingerprint density at radius 3 is 2.78 bits per heavy atom. The molecule has 6 heteroatoms. The van der Waals surface area contributed by atoms with E-state index >= 15 is 0 Å². The molecule has 18 heavy (non-hydrogen) atoms. The Bertz CT molecular complexity index is 472. The minimum Gasteiger partial charge on any atom is -0.347 e. The molecule has 0 aromatic rings. The van der Waals surface area contributed by atoms with Crippen LogP contribution in [0.2, 0.25) is 0 Å². The minimum atomic E-state index is -3.14. The molecule has 1 amide bonds. The van der Waals surface area contributed by atoms with Crippen LogP contribution < -0.4 is 11.1 Å². The fourth-order valence-corrected chi connectivity index (χ4v) is 4.01. The van der Waals surface area contributed by atoms with E-state index in [0.29, 0.717) is 18.8 Å². The summed E-state index contributed by atoms with van der Waals surface area (Å²) in [6.07, 6.45) is 4.91. The third kappa shape index (κ3) is 2.92. The summed E-state index contributed by atoms with van der Waals surface area (Å²) in [6, 6.07) is -0.430. The highest BCUT2D eigenvalue weighted by Gasteiger charge is 2.39. The monoisotopic (exact) mass is 272 g/mol. The van der Waals surface area contributed by atoms with Gasteiger partial charge in [0.1, 0.15) is 0 Å². The van der Waals surface area contributed by atoms with Crippen LogP contribution in [0.15, 0.2) is 11.5 Å². The van der Waals surface area contributed by atoms with E-state index in [2.05, 4.69) is 12.2 Å². The maximum atomic E-state index is 12.2. The van der Waals surface area contributed by atoms with E-state index in [9.17, 15) is 13.2 Å². The van der Waals surface area contributed by atoms with Crippen molar-refractivity contribution < 1.29 is 13.2 Å². The maximum Gasteiger partial charge on any atom is 0.240 e. The summed E-state index contributed by atoms with van der Waals surface area (Å²) >= 11 is 0. The molecule has 1 aliphatic heterocycles. The van der Waals surface area contributed by atoms with Gasteiger partial charge in [0.05, 0.1) is 17.3 Å². The average Bonchev–Trinajstić information content (AvgIpc) is 2.57. The molecule has 102 valence electrons. The molecule has 0 aromatic heterocycles. The standard InChI is InChI=1S/C12H20N2O3S/c1-9-3-2-5-12(13,7-9)11(15)14-10-4-6-18(16,17)8-10/h4,6,9-10H,2-3,5,7-8,13H2,1H3,(H,14,15). The molecule has 5 nitrogen and oxygen atoms in total. The van der Waals surface area contributed by atoms with Gasteiger partial charge in [-0.3, -0.25) is 4.79 Å². The van der Waals surface area contributed by atoms with Crippen LogP contribution in [-0.2, 0) is 14.6 Å². The van der Waals surface area contributed by atoms with E-state index in [1.165, 1.54) is 6.08 Å². The number of sulfone groups is 1. The van der Waals surface area contributed by atoms with Crippen molar-refractivity contribution in [2.75, 3.05) is 5.75 Å². The molecule has 0 bridgehead atoms. The van der Waals surface area contributed by atoms with Gasteiger partial charge in [0.2, 0.25) is 5.91 Å². The van der Waals surface area contributed by atoms with E-state index < -0.39 is 21.4 Å². The summed E-state index contributed by atoms with van der Waals surface area (Å²) in [5, 5.41) is 3.89. The predicted octanol–water partition coefficient (Wildman–Crippen LogP) is 0.321. The third-order valence-electron chi connectivity index (χ3n) is 3.73. The first-order valence-electron chi connectivity index (χ1n) is 6.32. The predicted molar refractivity (Wildman–Crippen MR) is 69.4 cm³/mol. The highest BCUT2D eigenvalue weighted by Crippen LogP contribution is 2.30. The van der Waals surface area contributed by atoms with Gasteiger partial charge in [-0.25, -0.2) is 8.42 Å². The number of hydrogen-bond donors (Lipinski definition) is 2. The molecule has 2 rings (SSSR count). The smallest absolute Gasteiger partial charge is 0.240 e. The van der Waals surface area contributed by atoms with Gasteiger partial charge in [-0.15, -0.1) is 0 Å². The molecule has 2 aliphatic rings. The third-order valence-corrected chi connectivity index (χ3v) is 5.13. The number of nitrogens with one attached hydrogen (secondary N) is 1. The normalized spacial score (nSPS) is 38.6. The lowest BCUT2D eigenvalue weighted by Gasteiger charge is -2.35. The average molecular weight is 272 g/mol. The van der Waals surface area contributed by atoms with Crippen LogP contribution in [0.1, 0.15) is 32.6 Å². The van der Waals surface area contributed by atoms with Crippen LogP contribution in [0.4, 0.5) is 0 Å². The fourth-order valence-electron chi connectivity index (χ4n) is 2.78. The molecule has 3 atom stereocenters. The molecule has 1 aliphatic carbocycles. The molecule has 3 unspecified atom stereocenters. The molecule has 0 spiro atoms. The summed E-state index contributed by atoms with van der Waals surface area (Å²) < 4.78 is 22.5. The van der Waals surface area contributed by atoms with E-state index in [1.54, 1.807) is 0 Å². The maximum absolute atomic E-state index is 12.2. The summed E-state index contributed by atoms with van der Waals surface area (Å²) in [5.74, 6) is 0.169. The SMILES string of the molecule is CC1CCCC(N)(C(=O)NC2C=CS(=O)(=O)C2)C1. The zero-order chi connectivity index (χ0) is 13.4. The Balaban J connectivity index is 1.98. The number of rotatable bonds is 2. The van der Waals surface area contributed by atoms with E-state index in [-0.39, 0.29) is 11.7 Å². The van der Waals surface area contributed by atoms with Crippen LogP contribution in [0.5, 0.6) is 0 Å². The van der Waals surface area contributed by atoms with Crippen LogP contribution >= 0.6 is 0 Å². The van der Waals surface area contributed by atoms with Gasteiger partial charge < -0.3 is 11.1 Å². The van der Waals surface area contributed by atoms with Crippen molar-refractivity contribution in [1.29, 1.82) is 0 Å². The molecular formula is C12H20N2O3S. The van der Waals surface area contributed by atoms with Crippen LogP contribution in [0, 0.1) is 5.92 Å². The van der Waals surface area contributed by atoms with E-state index in [0.717, 1.165) is 18.2 Å². The second-order valence-corrected chi connectivity index (χ2v) is 7.53. The van der Waals surface area contributed by atoms with Gasteiger partial charge in [0.15, 0.2) is 9.84 Å². The Kier molecular flexibility index (Phi) is 3.51. The van der Waals surface area contributed by atoms with E-state index in [4.69, 9.17) is 5.73 Å². The van der Waals surface area contributed by atoms with Gasteiger partial charge in [-0.05, 0) is 24.8 Å². The van der Waals surface area contributed by atoms with Gasteiger partial charge >= 0.3 is 0 Å². The van der Waals surface area contributed by atoms with Crippen molar-refractivity contribution in [3.63, 3.8) is 0 Å². The molecule has 3 N–H and O–H groups in total. The summed E-state index contributed by atoms with van der Waals surface area (Å²) in [6.45, 7) is 2.09. The topological polar surface area (TPSA) is 89.3 Å². The molecule has 0 radical (unpaired) electrons. The Morgan fingerprint density at radius 1 is 1.50 bits per heavy atom. The molecule has 1 saturated carbocycles. The van der Waals surface area contributed by atoms with Crippen LogP contribution in [-0.4, -0.2) is 31.7 Å². The minimum absolute atomic E-state index is 0.0512. The van der Waals surface area contributed by atoms with E-state index in [1.807, 2.05) is 0 Å². The Morgan fingerprint density at radius 2 is 2.22 bits per heavy atom. The molecule has 0 aromatic carbocycles.